The third kappa shape index (κ3) is 4.75. The molecule has 2 N–H and O–H groups in total. The summed E-state index contributed by atoms with van der Waals surface area (Å²) in [5.41, 5.74) is 0.326. The lowest BCUT2D eigenvalue weighted by Crippen LogP contribution is -2.42. The highest BCUT2D eigenvalue weighted by atomic mass is 19.1. The highest BCUT2D eigenvalue weighted by molar-refractivity contribution is 5.89. The van der Waals surface area contributed by atoms with Crippen molar-refractivity contribution >= 4 is 11.7 Å². The summed E-state index contributed by atoms with van der Waals surface area (Å²) >= 11 is 0. The van der Waals surface area contributed by atoms with Gasteiger partial charge in [-0.3, -0.25) is 0 Å². The number of urea groups is 1. The Morgan fingerprint density at radius 3 is 2.53 bits per heavy atom. The molecule has 0 radical (unpaired) electrons. The van der Waals surface area contributed by atoms with E-state index in [0.717, 1.165) is 0 Å². The molecule has 1 aromatic carbocycles. The summed E-state index contributed by atoms with van der Waals surface area (Å²) in [6, 6.07) is 3.39. The monoisotopic (exact) mass is 270 g/mol. The number of anilines is 1. The van der Waals surface area contributed by atoms with Gasteiger partial charge in [0.15, 0.2) is 0 Å². The van der Waals surface area contributed by atoms with Crippen molar-refractivity contribution in [1.82, 2.24) is 5.32 Å². The van der Waals surface area contributed by atoms with Gasteiger partial charge in [-0.25, -0.2) is 9.18 Å². The molecule has 0 spiro atoms. The van der Waals surface area contributed by atoms with E-state index in [2.05, 4.69) is 10.6 Å². The van der Waals surface area contributed by atoms with Crippen molar-refractivity contribution in [3.63, 3.8) is 0 Å². The first-order chi connectivity index (χ1) is 8.96. The molecular formula is C13H19FN2O3. The summed E-state index contributed by atoms with van der Waals surface area (Å²) in [7, 11) is 3.00. The number of methoxy groups -OCH3 is 2. The molecule has 0 fully saturated rings. The molecule has 1 unspecified atom stereocenters. The van der Waals surface area contributed by atoms with E-state index in [9.17, 15) is 9.18 Å². The summed E-state index contributed by atoms with van der Waals surface area (Å²) in [6.07, 6.45) is -0.118. The fourth-order valence-electron chi connectivity index (χ4n) is 1.45. The van der Waals surface area contributed by atoms with Crippen LogP contribution >= 0.6 is 0 Å². The van der Waals surface area contributed by atoms with Crippen LogP contribution in [0.5, 0.6) is 5.75 Å². The minimum Gasteiger partial charge on any atom is -0.497 e. The molecule has 2 atom stereocenters. The molecule has 0 heterocycles. The number of nitrogens with one attached hydrogen (secondary N) is 2. The quantitative estimate of drug-likeness (QED) is 0.863. The zero-order valence-corrected chi connectivity index (χ0v) is 11.5. The standard InChI is InChI=1S/C13H19FN2O3/c1-8(9(2)18-3)15-13(17)16-11-5-10(14)6-12(7-11)19-4/h5-9H,1-4H3,(H2,15,16,17)/t8-,9?/m0/s1. The Morgan fingerprint density at radius 2 is 1.95 bits per heavy atom. The molecule has 19 heavy (non-hydrogen) atoms. The second-order valence-corrected chi connectivity index (χ2v) is 4.21. The van der Waals surface area contributed by atoms with Crippen molar-refractivity contribution in [2.75, 3.05) is 19.5 Å². The molecule has 0 bridgehead atoms. The van der Waals surface area contributed by atoms with Gasteiger partial charge >= 0.3 is 6.03 Å². The summed E-state index contributed by atoms with van der Waals surface area (Å²) in [5.74, 6) is -0.137. The fraction of sp³-hybridized carbons (Fsp3) is 0.462. The van der Waals surface area contributed by atoms with Gasteiger partial charge in [0.25, 0.3) is 0 Å². The molecule has 5 nitrogen and oxygen atoms in total. The van der Waals surface area contributed by atoms with Gasteiger partial charge in [-0.1, -0.05) is 0 Å². The van der Waals surface area contributed by atoms with Gasteiger partial charge in [0.2, 0.25) is 0 Å². The first-order valence-corrected chi connectivity index (χ1v) is 5.91. The lowest BCUT2D eigenvalue weighted by Gasteiger charge is -2.20. The van der Waals surface area contributed by atoms with Crippen molar-refractivity contribution in [1.29, 1.82) is 0 Å². The van der Waals surface area contributed by atoms with E-state index in [1.165, 1.54) is 25.3 Å². The predicted molar refractivity (Wildman–Crippen MR) is 71.0 cm³/mol. The van der Waals surface area contributed by atoms with Crippen LogP contribution in [-0.2, 0) is 4.74 Å². The highest BCUT2D eigenvalue weighted by Crippen LogP contribution is 2.19. The SMILES string of the molecule is COc1cc(F)cc(NC(=O)N[C@@H](C)C(C)OC)c1. The van der Waals surface area contributed by atoms with Crippen LogP contribution in [0.1, 0.15) is 13.8 Å². The van der Waals surface area contributed by atoms with E-state index in [4.69, 9.17) is 9.47 Å². The number of rotatable bonds is 5. The molecule has 0 aliphatic rings. The molecule has 0 aromatic heterocycles. The van der Waals surface area contributed by atoms with Gasteiger partial charge in [0, 0.05) is 24.9 Å². The van der Waals surface area contributed by atoms with Gasteiger partial charge < -0.3 is 20.1 Å². The second-order valence-electron chi connectivity index (χ2n) is 4.21. The Morgan fingerprint density at radius 1 is 1.26 bits per heavy atom. The fourth-order valence-corrected chi connectivity index (χ4v) is 1.45. The highest BCUT2D eigenvalue weighted by Gasteiger charge is 2.14. The van der Waals surface area contributed by atoms with Crippen molar-refractivity contribution in [3.05, 3.63) is 24.0 Å². The average molecular weight is 270 g/mol. The van der Waals surface area contributed by atoms with Gasteiger partial charge in [0.05, 0.1) is 19.3 Å². The van der Waals surface area contributed by atoms with Gasteiger partial charge in [0.1, 0.15) is 11.6 Å². The third-order valence-electron chi connectivity index (χ3n) is 2.80. The number of benzene rings is 1. The van der Waals surface area contributed by atoms with E-state index in [1.54, 1.807) is 7.11 Å². The molecular weight excluding hydrogens is 251 g/mol. The van der Waals surface area contributed by atoms with Gasteiger partial charge in [-0.2, -0.15) is 0 Å². The maximum atomic E-state index is 13.2. The minimum absolute atomic E-state index is 0.118. The van der Waals surface area contributed by atoms with Crippen LogP contribution in [0.25, 0.3) is 0 Å². The number of halogens is 1. The van der Waals surface area contributed by atoms with Crippen LogP contribution in [0.2, 0.25) is 0 Å². The number of carbonyl (C=O) groups is 1. The Hall–Kier alpha value is -1.82. The Kier molecular flexibility index (Phi) is 5.57. The van der Waals surface area contributed by atoms with Crippen LogP contribution in [0, 0.1) is 5.82 Å². The number of carbonyl (C=O) groups excluding carboxylic acids is 1. The van der Waals surface area contributed by atoms with Crippen molar-refractivity contribution in [2.45, 2.75) is 26.0 Å². The van der Waals surface area contributed by atoms with Crippen molar-refractivity contribution in [2.24, 2.45) is 0 Å². The van der Waals surface area contributed by atoms with Crippen LogP contribution < -0.4 is 15.4 Å². The largest absolute Gasteiger partial charge is 0.497 e. The van der Waals surface area contributed by atoms with Crippen LogP contribution in [0.3, 0.4) is 0 Å². The summed E-state index contributed by atoms with van der Waals surface area (Å²) in [6.45, 7) is 3.66. The molecule has 0 saturated carbocycles. The summed E-state index contributed by atoms with van der Waals surface area (Å²) < 4.78 is 23.3. The van der Waals surface area contributed by atoms with E-state index >= 15 is 0 Å². The minimum atomic E-state index is -0.479. The van der Waals surface area contributed by atoms with Crippen LogP contribution in [-0.4, -0.2) is 32.4 Å². The number of ether oxygens (including phenoxy) is 2. The third-order valence-corrected chi connectivity index (χ3v) is 2.80. The zero-order valence-electron chi connectivity index (χ0n) is 11.5. The summed E-state index contributed by atoms with van der Waals surface area (Å²) in [5, 5.41) is 5.24. The molecule has 0 saturated heterocycles. The topological polar surface area (TPSA) is 59.6 Å². The molecule has 1 aromatic rings. The molecule has 0 aliphatic carbocycles. The van der Waals surface area contributed by atoms with E-state index < -0.39 is 11.8 Å². The first-order valence-electron chi connectivity index (χ1n) is 5.91. The van der Waals surface area contributed by atoms with E-state index in [-0.39, 0.29) is 12.1 Å². The van der Waals surface area contributed by atoms with Crippen molar-refractivity contribution in [3.8, 4) is 5.75 Å². The molecule has 0 aliphatic heterocycles. The molecule has 106 valence electrons. The Balaban J connectivity index is 2.64. The van der Waals surface area contributed by atoms with Crippen LogP contribution in [0.15, 0.2) is 18.2 Å². The average Bonchev–Trinajstić information content (AvgIpc) is 2.36. The lowest BCUT2D eigenvalue weighted by molar-refractivity contribution is 0.0920. The summed E-state index contributed by atoms with van der Waals surface area (Å²) in [4.78, 5) is 11.7. The lowest BCUT2D eigenvalue weighted by atomic mass is 10.2. The normalized spacial score (nSPS) is 13.5. The Labute approximate surface area is 112 Å². The number of amides is 2. The predicted octanol–water partition coefficient (Wildman–Crippen LogP) is 2.38. The van der Waals surface area contributed by atoms with E-state index in [0.29, 0.717) is 11.4 Å². The van der Waals surface area contributed by atoms with Gasteiger partial charge in [-0.15, -0.1) is 0 Å². The number of hydrogen-bond acceptors (Lipinski definition) is 3. The zero-order chi connectivity index (χ0) is 14.4. The molecule has 6 heteroatoms. The smallest absolute Gasteiger partial charge is 0.319 e. The van der Waals surface area contributed by atoms with E-state index in [1.807, 2.05) is 13.8 Å². The molecule has 2 amide bonds. The van der Waals surface area contributed by atoms with Crippen LogP contribution in [0.4, 0.5) is 14.9 Å². The maximum Gasteiger partial charge on any atom is 0.319 e. The number of hydrogen-bond donors (Lipinski definition) is 2. The first kappa shape index (κ1) is 15.2. The maximum absolute atomic E-state index is 13.2. The molecule has 1 rings (SSSR count). The van der Waals surface area contributed by atoms with Gasteiger partial charge in [-0.05, 0) is 19.9 Å². The second kappa shape index (κ2) is 6.94. The Bertz CT molecular complexity index is 440. The van der Waals surface area contributed by atoms with Crippen molar-refractivity contribution < 1.29 is 18.7 Å².